The van der Waals surface area contributed by atoms with E-state index in [0.29, 0.717) is 66.1 Å². The third-order valence-corrected chi connectivity index (χ3v) is 10.5. The van der Waals surface area contributed by atoms with Crippen molar-refractivity contribution >= 4 is 66.7 Å². The molecule has 4 amide bonds. The number of benzene rings is 9. The molecule has 58 heavy (non-hydrogen) atoms. The minimum atomic E-state index is -0.607. The van der Waals surface area contributed by atoms with E-state index in [9.17, 15) is 19.2 Å². The van der Waals surface area contributed by atoms with Gasteiger partial charge < -0.3 is 18.9 Å². The number of amides is 4. The second-order valence-corrected chi connectivity index (χ2v) is 13.9. The fourth-order valence-electron chi connectivity index (χ4n) is 8.14. The van der Waals surface area contributed by atoms with E-state index in [2.05, 4.69) is 10.6 Å². The molecule has 2 heterocycles. The maximum atomic E-state index is 13.9. The molecule has 0 bridgehead atoms. The Morgan fingerprint density at radius 3 is 0.724 bits per heavy atom. The highest BCUT2D eigenvalue weighted by Crippen LogP contribution is 2.57. The Bertz CT molecular complexity index is 2800. The van der Waals surface area contributed by atoms with Crippen LogP contribution < -0.4 is 29.6 Å². The molecule has 0 saturated carbocycles. The largest absolute Gasteiger partial charge is 0.457 e. The Labute approximate surface area is 328 Å². The third kappa shape index (κ3) is 5.05. The van der Waals surface area contributed by atoms with Crippen LogP contribution in [0.1, 0.15) is 41.4 Å². The standard InChI is InChI=1S/C48H26N2O8/c51-45-29-21-33(55-25-13-5-1-6-14-25)39-40-34(56-26-15-7-2-8-16-26)22-31-38-32(48(54)50-47(31)53)24-36(58-28-19-11-4-12-20-28)42(44(38)40)41-35(57-27-17-9-3-10-18-27)23-30(46(52)49-45)37(29)43(39)41/h1-24H,(H,49,51,52)(H,50,53,54). The number of carbonyl (C=O) groups excluding carboxylic acids is 4. The molecule has 10 heteroatoms. The molecular weight excluding hydrogens is 733 g/mol. The first-order valence-corrected chi connectivity index (χ1v) is 18.4. The Balaban J connectivity index is 1.42. The van der Waals surface area contributed by atoms with Crippen LogP contribution in [0.25, 0.3) is 43.1 Å². The van der Waals surface area contributed by atoms with Gasteiger partial charge in [0.2, 0.25) is 0 Å². The van der Waals surface area contributed by atoms with Crippen LogP contribution in [0.4, 0.5) is 0 Å². The lowest BCUT2D eigenvalue weighted by Crippen LogP contribution is -2.35. The number of ether oxygens (including phenoxy) is 4. The molecule has 0 spiro atoms. The zero-order valence-corrected chi connectivity index (χ0v) is 30.1. The lowest BCUT2D eigenvalue weighted by atomic mass is 9.81. The van der Waals surface area contributed by atoms with E-state index in [1.807, 2.05) is 72.8 Å². The Kier molecular flexibility index (Phi) is 7.23. The van der Waals surface area contributed by atoms with E-state index in [1.54, 1.807) is 72.8 Å². The molecule has 10 nitrogen and oxygen atoms in total. The maximum absolute atomic E-state index is 13.9. The lowest BCUT2D eigenvalue weighted by molar-refractivity contribution is 0.0828. The van der Waals surface area contributed by atoms with Gasteiger partial charge in [0, 0.05) is 43.1 Å². The number of para-hydroxylation sites is 4. The summed E-state index contributed by atoms with van der Waals surface area (Å²) in [4.78, 5) is 55.6. The summed E-state index contributed by atoms with van der Waals surface area (Å²) in [6, 6.07) is 42.8. The van der Waals surface area contributed by atoms with Gasteiger partial charge >= 0.3 is 0 Å². The number of hydrogen-bond acceptors (Lipinski definition) is 8. The molecule has 0 saturated heterocycles. The molecule has 2 N–H and O–H groups in total. The van der Waals surface area contributed by atoms with Gasteiger partial charge in [0.05, 0.1) is 22.3 Å². The van der Waals surface area contributed by atoms with Gasteiger partial charge in [-0.25, -0.2) is 0 Å². The summed E-state index contributed by atoms with van der Waals surface area (Å²) in [5, 5.41) is 8.43. The number of fused-ring (bicyclic) bond motifs is 2. The second kappa shape index (κ2) is 12.7. The average Bonchev–Trinajstić information content (AvgIpc) is 3.24. The van der Waals surface area contributed by atoms with E-state index in [0.717, 1.165) is 0 Å². The summed E-state index contributed by atoms with van der Waals surface area (Å²) < 4.78 is 26.9. The Hall–Kier alpha value is -8.24. The zero-order chi connectivity index (χ0) is 39.1. The molecule has 0 aliphatic carbocycles. The molecule has 2 aliphatic rings. The van der Waals surface area contributed by atoms with Crippen LogP contribution in [-0.2, 0) is 0 Å². The molecule has 0 aromatic heterocycles. The summed E-state index contributed by atoms with van der Waals surface area (Å²) >= 11 is 0. The van der Waals surface area contributed by atoms with E-state index in [1.165, 1.54) is 0 Å². The van der Waals surface area contributed by atoms with Crippen molar-refractivity contribution in [3.05, 3.63) is 168 Å². The summed E-state index contributed by atoms with van der Waals surface area (Å²) in [6.45, 7) is 0. The minimum absolute atomic E-state index is 0.200. The van der Waals surface area contributed by atoms with Crippen LogP contribution in [0.5, 0.6) is 46.0 Å². The first kappa shape index (κ1) is 33.1. The summed E-state index contributed by atoms with van der Waals surface area (Å²) in [5.41, 5.74) is 0.802. The smallest absolute Gasteiger partial charge is 0.258 e. The molecule has 276 valence electrons. The van der Waals surface area contributed by atoms with Crippen molar-refractivity contribution in [3.8, 4) is 46.0 Å². The fraction of sp³-hybridized carbons (Fsp3) is 0. The van der Waals surface area contributed by atoms with Gasteiger partial charge in [-0.3, -0.25) is 29.8 Å². The fourth-order valence-corrected chi connectivity index (χ4v) is 8.14. The first-order valence-electron chi connectivity index (χ1n) is 18.4. The van der Waals surface area contributed by atoms with Crippen LogP contribution in [0, 0.1) is 0 Å². The molecule has 9 aromatic rings. The van der Waals surface area contributed by atoms with Crippen molar-refractivity contribution in [2.75, 3.05) is 0 Å². The van der Waals surface area contributed by atoms with Crippen LogP contribution in [0.2, 0.25) is 0 Å². The third-order valence-electron chi connectivity index (χ3n) is 10.5. The lowest BCUT2D eigenvalue weighted by Gasteiger charge is -2.28. The first-order chi connectivity index (χ1) is 28.4. The Morgan fingerprint density at radius 1 is 0.276 bits per heavy atom. The van der Waals surface area contributed by atoms with Crippen LogP contribution >= 0.6 is 0 Å². The van der Waals surface area contributed by atoms with E-state index in [-0.39, 0.29) is 45.3 Å². The predicted octanol–water partition coefficient (Wildman–Crippen LogP) is 10.7. The molecule has 2 aliphatic heterocycles. The van der Waals surface area contributed by atoms with Gasteiger partial charge in [-0.2, -0.15) is 0 Å². The normalized spacial score (nSPS) is 13.2. The number of nitrogens with one attached hydrogen (secondary N) is 2. The molecule has 0 fully saturated rings. The van der Waals surface area contributed by atoms with Gasteiger partial charge in [-0.05, 0) is 72.8 Å². The highest BCUT2D eigenvalue weighted by atomic mass is 16.5. The second-order valence-electron chi connectivity index (χ2n) is 13.9. The molecule has 0 radical (unpaired) electrons. The SMILES string of the molecule is O=C1NC(=O)c2cc(Oc3ccccc3)c3c4c(Oc5ccccc5)cc5c6c(cc(Oc7ccccc7)c(c7c(Oc8ccccc8)cc1c2c73)c64)C(=O)NC5=O. The van der Waals surface area contributed by atoms with Crippen LogP contribution in [-0.4, -0.2) is 23.6 Å². The number of rotatable bonds is 8. The van der Waals surface area contributed by atoms with E-state index >= 15 is 0 Å². The summed E-state index contributed by atoms with van der Waals surface area (Å²) in [6.07, 6.45) is 0. The monoisotopic (exact) mass is 758 g/mol. The van der Waals surface area contributed by atoms with Gasteiger partial charge in [0.15, 0.2) is 0 Å². The average molecular weight is 759 g/mol. The van der Waals surface area contributed by atoms with Crippen molar-refractivity contribution in [1.82, 2.24) is 10.6 Å². The number of imide groups is 2. The van der Waals surface area contributed by atoms with E-state index in [4.69, 9.17) is 18.9 Å². The van der Waals surface area contributed by atoms with Crippen molar-refractivity contribution in [3.63, 3.8) is 0 Å². The van der Waals surface area contributed by atoms with E-state index < -0.39 is 23.6 Å². The number of carbonyl (C=O) groups is 4. The summed E-state index contributed by atoms with van der Waals surface area (Å²) in [7, 11) is 0. The quantitative estimate of drug-likeness (QED) is 0.0890. The highest BCUT2D eigenvalue weighted by Gasteiger charge is 2.37. The van der Waals surface area contributed by atoms with Crippen LogP contribution in [0.15, 0.2) is 146 Å². The number of hydrogen-bond donors (Lipinski definition) is 2. The molecular formula is C48H26N2O8. The van der Waals surface area contributed by atoms with Gasteiger partial charge in [0.25, 0.3) is 23.6 Å². The highest BCUT2D eigenvalue weighted by molar-refractivity contribution is 6.44. The van der Waals surface area contributed by atoms with Crippen molar-refractivity contribution in [2.24, 2.45) is 0 Å². The maximum Gasteiger partial charge on any atom is 0.258 e. The molecule has 9 aromatic carbocycles. The van der Waals surface area contributed by atoms with Crippen molar-refractivity contribution in [1.29, 1.82) is 0 Å². The van der Waals surface area contributed by atoms with Gasteiger partial charge in [0.1, 0.15) is 46.0 Å². The van der Waals surface area contributed by atoms with Crippen molar-refractivity contribution < 1.29 is 38.1 Å². The topological polar surface area (TPSA) is 129 Å². The minimum Gasteiger partial charge on any atom is -0.457 e. The zero-order valence-electron chi connectivity index (χ0n) is 30.1. The van der Waals surface area contributed by atoms with Crippen LogP contribution in [0.3, 0.4) is 0 Å². The molecule has 0 atom stereocenters. The summed E-state index contributed by atoms with van der Waals surface area (Å²) in [5.74, 6) is 0.466. The Morgan fingerprint density at radius 2 is 0.500 bits per heavy atom. The van der Waals surface area contributed by atoms with Gasteiger partial charge in [-0.1, -0.05) is 72.8 Å². The predicted molar refractivity (Wildman–Crippen MR) is 217 cm³/mol. The van der Waals surface area contributed by atoms with Gasteiger partial charge in [-0.15, -0.1) is 0 Å². The van der Waals surface area contributed by atoms with Crippen molar-refractivity contribution in [2.45, 2.75) is 0 Å². The molecule has 11 rings (SSSR count). The molecule has 0 unspecified atom stereocenters.